The molecule has 0 aliphatic carbocycles. The van der Waals surface area contributed by atoms with Crippen molar-refractivity contribution >= 4 is 23.3 Å². The number of esters is 1. The number of hydrogen-bond acceptors (Lipinski definition) is 4. The van der Waals surface area contributed by atoms with Gasteiger partial charge in [0.15, 0.2) is 5.75 Å². The second kappa shape index (κ2) is 6.12. The number of aryl methyl sites for hydroxylation is 2. The van der Waals surface area contributed by atoms with E-state index in [1.165, 1.54) is 5.56 Å². The Kier molecular flexibility index (Phi) is 4.02. The number of fused-ring (bicyclic) bond motifs is 1. The zero-order chi connectivity index (χ0) is 16.4. The molecule has 0 aromatic heterocycles. The van der Waals surface area contributed by atoms with Crippen molar-refractivity contribution in [2.45, 2.75) is 13.8 Å². The Balaban J connectivity index is 1.73. The fourth-order valence-electron chi connectivity index (χ4n) is 2.53. The van der Waals surface area contributed by atoms with Crippen LogP contribution in [0, 0.1) is 13.8 Å². The van der Waals surface area contributed by atoms with Crippen LogP contribution in [0.15, 0.2) is 42.5 Å². The molecule has 1 N–H and O–H groups in total. The van der Waals surface area contributed by atoms with Crippen molar-refractivity contribution in [3.8, 4) is 5.75 Å². The fraction of sp³-hybridized carbons (Fsp3) is 0.222. The van der Waals surface area contributed by atoms with Crippen molar-refractivity contribution in [1.82, 2.24) is 0 Å². The highest BCUT2D eigenvalue weighted by Gasteiger charge is 2.25. The number of para-hydroxylation sites is 2. The predicted molar refractivity (Wildman–Crippen MR) is 88.8 cm³/mol. The van der Waals surface area contributed by atoms with Crippen LogP contribution in [-0.2, 0) is 9.59 Å². The Hall–Kier alpha value is -2.82. The average molecular weight is 310 g/mol. The first kappa shape index (κ1) is 15.1. The van der Waals surface area contributed by atoms with Crippen molar-refractivity contribution in [3.63, 3.8) is 0 Å². The average Bonchev–Trinajstić information content (AvgIpc) is 2.51. The van der Waals surface area contributed by atoms with Crippen LogP contribution in [0.4, 0.5) is 11.4 Å². The van der Waals surface area contributed by atoms with Gasteiger partial charge in [-0.15, -0.1) is 0 Å². The lowest BCUT2D eigenvalue weighted by molar-refractivity contribution is -0.133. The SMILES string of the molecule is Cc1ccc(NC(=O)CN2CC(=O)Oc3ccccc32)cc1C. The molecule has 0 bridgehead atoms. The van der Waals surface area contributed by atoms with Gasteiger partial charge in [0.2, 0.25) is 5.91 Å². The summed E-state index contributed by atoms with van der Waals surface area (Å²) in [6.07, 6.45) is 0. The van der Waals surface area contributed by atoms with Crippen molar-refractivity contribution in [1.29, 1.82) is 0 Å². The van der Waals surface area contributed by atoms with Crippen molar-refractivity contribution in [2.75, 3.05) is 23.3 Å². The molecule has 0 atom stereocenters. The number of carbonyl (C=O) groups is 2. The standard InChI is InChI=1S/C18H18N2O3/c1-12-7-8-14(9-13(12)2)19-17(21)10-20-11-18(22)23-16-6-4-3-5-15(16)20/h3-9H,10-11H2,1-2H3,(H,19,21). The van der Waals surface area contributed by atoms with Crippen LogP contribution < -0.4 is 15.0 Å². The van der Waals surface area contributed by atoms with E-state index in [0.717, 1.165) is 16.9 Å². The molecule has 0 unspecified atom stereocenters. The molecule has 3 rings (SSSR count). The van der Waals surface area contributed by atoms with Crippen molar-refractivity contribution in [3.05, 3.63) is 53.6 Å². The summed E-state index contributed by atoms with van der Waals surface area (Å²) in [7, 11) is 0. The van der Waals surface area contributed by atoms with Crippen LogP contribution in [0.2, 0.25) is 0 Å². The summed E-state index contributed by atoms with van der Waals surface area (Å²) in [5, 5.41) is 2.87. The Morgan fingerprint density at radius 3 is 2.74 bits per heavy atom. The van der Waals surface area contributed by atoms with E-state index in [4.69, 9.17) is 4.74 Å². The molecule has 1 aliphatic rings. The summed E-state index contributed by atoms with van der Waals surface area (Å²) in [4.78, 5) is 25.7. The van der Waals surface area contributed by atoms with Crippen molar-refractivity contribution < 1.29 is 14.3 Å². The molecule has 0 radical (unpaired) electrons. The van der Waals surface area contributed by atoms with Crippen LogP contribution in [0.3, 0.4) is 0 Å². The minimum atomic E-state index is -0.359. The highest BCUT2D eigenvalue weighted by atomic mass is 16.5. The molecular weight excluding hydrogens is 292 g/mol. The maximum absolute atomic E-state index is 12.3. The number of carbonyl (C=O) groups excluding carboxylic acids is 2. The van der Waals surface area contributed by atoms with Gasteiger partial charge in [-0.3, -0.25) is 4.79 Å². The molecule has 1 heterocycles. The van der Waals surface area contributed by atoms with E-state index < -0.39 is 0 Å². The van der Waals surface area contributed by atoms with Gasteiger partial charge in [0.25, 0.3) is 0 Å². The van der Waals surface area contributed by atoms with E-state index in [-0.39, 0.29) is 25.0 Å². The number of rotatable bonds is 3. The van der Waals surface area contributed by atoms with Crippen molar-refractivity contribution in [2.24, 2.45) is 0 Å². The molecule has 1 amide bonds. The first-order valence-corrected chi connectivity index (χ1v) is 7.45. The highest BCUT2D eigenvalue weighted by molar-refractivity contribution is 5.96. The second-order valence-electron chi connectivity index (χ2n) is 5.65. The molecule has 2 aromatic carbocycles. The molecule has 5 heteroatoms. The Labute approximate surface area is 134 Å². The second-order valence-corrected chi connectivity index (χ2v) is 5.65. The van der Waals surface area contributed by atoms with Crippen LogP contribution in [0.1, 0.15) is 11.1 Å². The minimum absolute atomic E-state index is 0.0668. The molecule has 23 heavy (non-hydrogen) atoms. The molecule has 0 fully saturated rings. The van der Waals surface area contributed by atoms with E-state index in [2.05, 4.69) is 5.32 Å². The van der Waals surface area contributed by atoms with Crippen LogP contribution in [0.5, 0.6) is 5.75 Å². The zero-order valence-electron chi connectivity index (χ0n) is 13.1. The Morgan fingerprint density at radius 2 is 1.96 bits per heavy atom. The van der Waals surface area contributed by atoms with Gasteiger partial charge in [0.1, 0.15) is 6.54 Å². The Bertz CT molecular complexity index is 771. The number of nitrogens with one attached hydrogen (secondary N) is 1. The summed E-state index contributed by atoms with van der Waals surface area (Å²) < 4.78 is 5.18. The molecule has 0 saturated carbocycles. The fourth-order valence-corrected chi connectivity index (χ4v) is 2.53. The van der Waals surface area contributed by atoms with Gasteiger partial charge in [-0.05, 0) is 49.2 Å². The van der Waals surface area contributed by atoms with Crippen LogP contribution in [0.25, 0.3) is 0 Å². The van der Waals surface area contributed by atoms with Gasteiger partial charge in [0.05, 0.1) is 12.2 Å². The molecular formula is C18H18N2O3. The topological polar surface area (TPSA) is 58.6 Å². The predicted octanol–water partition coefficient (Wildman–Crippen LogP) is 2.67. The minimum Gasteiger partial charge on any atom is -0.423 e. The van der Waals surface area contributed by atoms with Gasteiger partial charge in [-0.2, -0.15) is 0 Å². The van der Waals surface area contributed by atoms with Gasteiger partial charge in [-0.1, -0.05) is 18.2 Å². The first-order valence-electron chi connectivity index (χ1n) is 7.45. The van der Waals surface area contributed by atoms with E-state index in [9.17, 15) is 9.59 Å². The van der Waals surface area contributed by atoms with Gasteiger partial charge in [0, 0.05) is 5.69 Å². The number of anilines is 2. The monoisotopic (exact) mass is 310 g/mol. The van der Waals surface area contributed by atoms with E-state index in [1.807, 2.05) is 44.2 Å². The summed E-state index contributed by atoms with van der Waals surface area (Å²) in [6, 6.07) is 13.0. The lowest BCUT2D eigenvalue weighted by Crippen LogP contribution is -2.41. The first-order chi connectivity index (χ1) is 11.0. The van der Waals surface area contributed by atoms with E-state index >= 15 is 0 Å². The molecule has 2 aromatic rings. The Morgan fingerprint density at radius 1 is 1.17 bits per heavy atom. The maximum atomic E-state index is 12.3. The largest absolute Gasteiger partial charge is 0.423 e. The van der Waals surface area contributed by atoms with E-state index in [0.29, 0.717) is 5.75 Å². The smallest absolute Gasteiger partial charge is 0.331 e. The lowest BCUT2D eigenvalue weighted by Gasteiger charge is -2.29. The van der Waals surface area contributed by atoms with E-state index in [1.54, 1.807) is 17.0 Å². The summed E-state index contributed by atoms with van der Waals surface area (Å²) in [5.41, 5.74) is 3.80. The number of nitrogens with zero attached hydrogens (tertiary/aromatic N) is 1. The van der Waals surface area contributed by atoms with Gasteiger partial charge < -0.3 is 15.0 Å². The van der Waals surface area contributed by atoms with Gasteiger partial charge in [-0.25, -0.2) is 4.79 Å². The number of amides is 1. The normalized spacial score (nSPS) is 13.3. The number of benzene rings is 2. The number of hydrogen-bond donors (Lipinski definition) is 1. The summed E-state index contributed by atoms with van der Waals surface area (Å²) in [6.45, 7) is 4.19. The molecule has 0 saturated heterocycles. The number of ether oxygens (including phenoxy) is 1. The highest BCUT2D eigenvalue weighted by Crippen LogP contribution is 2.31. The molecule has 118 valence electrons. The molecule has 5 nitrogen and oxygen atoms in total. The maximum Gasteiger partial charge on any atom is 0.331 e. The van der Waals surface area contributed by atoms with Gasteiger partial charge >= 0.3 is 5.97 Å². The van der Waals surface area contributed by atoms with Crippen LogP contribution >= 0.6 is 0 Å². The summed E-state index contributed by atoms with van der Waals surface area (Å²) in [5.74, 6) is -0.0387. The van der Waals surface area contributed by atoms with Crippen LogP contribution in [-0.4, -0.2) is 25.0 Å². The summed E-state index contributed by atoms with van der Waals surface area (Å²) >= 11 is 0. The molecule has 0 spiro atoms. The lowest BCUT2D eigenvalue weighted by atomic mass is 10.1. The third kappa shape index (κ3) is 3.34. The zero-order valence-corrected chi connectivity index (χ0v) is 13.1. The third-order valence-corrected chi connectivity index (χ3v) is 3.87. The molecule has 1 aliphatic heterocycles. The third-order valence-electron chi connectivity index (χ3n) is 3.87. The quantitative estimate of drug-likeness (QED) is 0.699.